The lowest BCUT2D eigenvalue weighted by Crippen LogP contribution is -2.41. The number of hydrogen-bond acceptors (Lipinski definition) is 5. The monoisotopic (exact) mass is 496 g/mol. The van der Waals surface area contributed by atoms with Crippen LogP contribution in [-0.2, 0) is 27.7 Å². The Morgan fingerprint density at radius 1 is 0.914 bits per heavy atom. The smallest absolute Gasteiger partial charge is 0.264 e. The summed E-state index contributed by atoms with van der Waals surface area (Å²) in [6, 6.07) is 21.2. The van der Waals surface area contributed by atoms with Crippen LogP contribution in [-0.4, -0.2) is 41.6 Å². The van der Waals surface area contributed by atoms with Crippen molar-refractivity contribution in [2.75, 3.05) is 31.6 Å². The van der Waals surface area contributed by atoms with E-state index in [4.69, 9.17) is 9.47 Å². The van der Waals surface area contributed by atoms with Crippen LogP contribution in [0.2, 0.25) is 0 Å². The van der Waals surface area contributed by atoms with Crippen molar-refractivity contribution < 1.29 is 22.7 Å². The molecule has 3 aromatic rings. The molecule has 35 heavy (non-hydrogen) atoms. The number of aryl methyl sites for hydroxylation is 2. The van der Waals surface area contributed by atoms with Gasteiger partial charge in [-0.15, -0.1) is 0 Å². The minimum atomic E-state index is -3.92. The summed E-state index contributed by atoms with van der Waals surface area (Å²) in [6.45, 7) is 2.08. The zero-order chi connectivity index (χ0) is 25.3. The van der Waals surface area contributed by atoms with Crippen LogP contribution in [0.5, 0.6) is 11.5 Å². The number of para-hydroxylation sites is 1. The maximum absolute atomic E-state index is 13.5. The molecule has 0 saturated carbocycles. The minimum Gasteiger partial charge on any atom is -0.493 e. The van der Waals surface area contributed by atoms with Crippen LogP contribution in [0.15, 0.2) is 77.7 Å². The molecule has 0 aliphatic carbocycles. The second kappa shape index (κ2) is 12.3. The first-order valence-electron chi connectivity index (χ1n) is 11.5. The van der Waals surface area contributed by atoms with Gasteiger partial charge in [-0.1, -0.05) is 49.4 Å². The number of ether oxygens (including phenoxy) is 2. The van der Waals surface area contributed by atoms with Gasteiger partial charge >= 0.3 is 0 Å². The molecular weight excluding hydrogens is 464 g/mol. The van der Waals surface area contributed by atoms with Gasteiger partial charge in [-0.25, -0.2) is 8.42 Å². The summed E-state index contributed by atoms with van der Waals surface area (Å²) in [7, 11) is -0.741. The Bertz CT molecular complexity index is 1230. The summed E-state index contributed by atoms with van der Waals surface area (Å²) >= 11 is 0. The van der Waals surface area contributed by atoms with E-state index in [2.05, 4.69) is 5.32 Å². The van der Waals surface area contributed by atoms with Gasteiger partial charge in [-0.2, -0.15) is 0 Å². The normalized spacial score (nSPS) is 11.1. The van der Waals surface area contributed by atoms with Gasteiger partial charge in [-0.05, 0) is 60.7 Å². The Morgan fingerprint density at radius 3 is 2.29 bits per heavy atom. The van der Waals surface area contributed by atoms with Crippen LogP contribution in [0.4, 0.5) is 5.69 Å². The molecule has 0 aliphatic heterocycles. The van der Waals surface area contributed by atoms with Crippen LogP contribution in [0.25, 0.3) is 0 Å². The maximum Gasteiger partial charge on any atom is 0.264 e. The summed E-state index contributed by atoms with van der Waals surface area (Å²) < 4.78 is 38.8. The number of carbonyl (C=O) groups excluding carboxylic acids is 1. The fourth-order valence-corrected chi connectivity index (χ4v) is 5.30. The molecule has 1 amide bonds. The Hall–Kier alpha value is -3.52. The highest BCUT2D eigenvalue weighted by molar-refractivity contribution is 7.92. The molecule has 0 fully saturated rings. The zero-order valence-corrected chi connectivity index (χ0v) is 21.2. The van der Waals surface area contributed by atoms with Gasteiger partial charge < -0.3 is 14.8 Å². The number of carbonyl (C=O) groups is 1. The Balaban J connectivity index is 1.69. The molecule has 0 atom stereocenters. The average Bonchev–Trinajstić information content (AvgIpc) is 2.90. The molecule has 0 aliphatic rings. The molecule has 3 aromatic carbocycles. The summed E-state index contributed by atoms with van der Waals surface area (Å²) in [5.41, 5.74) is 2.43. The van der Waals surface area contributed by atoms with E-state index in [9.17, 15) is 13.2 Å². The van der Waals surface area contributed by atoms with E-state index in [0.717, 1.165) is 17.5 Å². The molecule has 1 N–H and O–H groups in total. The average molecular weight is 497 g/mol. The quantitative estimate of drug-likeness (QED) is 0.380. The number of rotatable bonds is 12. The molecule has 7 nitrogen and oxygen atoms in total. The van der Waals surface area contributed by atoms with E-state index in [1.54, 1.807) is 44.6 Å². The lowest BCUT2D eigenvalue weighted by Gasteiger charge is -2.26. The van der Waals surface area contributed by atoms with Gasteiger partial charge in [0.2, 0.25) is 5.91 Å². The SMILES string of the molecule is CCc1ccccc1N(CC(=O)NCCCc1ccc(OC)c(OC)c1)S(=O)(=O)c1ccccc1. The van der Waals surface area contributed by atoms with Crippen molar-refractivity contribution >= 4 is 21.6 Å². The largest absolute Gasteiger partial charge is 0.493 e. The molecule has 0 spiro atoms. The van der Waals surface area contributed by atoms with Crippen LogP contribution >= 0.6 is 0 Å². The molecule has 0 unspecified atom stereocenters. The molecule has 8 heteroatoms. The fourth-order valence-electron chi connectivity index (χ4n) is 3.82. The number of methoxy groups -OCH3 is 2. The second-order valence-electron chi connectivity index (χ2n) is 7.95. The predicted molar refractivity (Wildman–Crippen MR) is 138 cm³/mol. The Morgan fingerprint density at radius 2 is 1.60 bits per heavy atom. The molecule has 0 radical (unpaired) electrons. The van der Waals surface area contributed by atoms with Crippen molar-refractivity contribution in [3.63, 3.8) is 0 Å². The molecule has 0 bridgehead atoms. The van der Waals surface area contributed by atoms with Crippen LogP contribution in [0.1, 0.15) is 24.5 Å². The van der Waals surface area contributed by atoms with Crippen molar-refractivity contribution in [2.24, 2.45) is 0 Å². The Kier molecular flexibility index (Phi) is 9.14. The standard InChI is InChI=1S/C27H32N2O5S/c1-4-22-12-8-9-15-24(22)29(35(31,32)23-13-6-5-7-14-23)20-27(30)28-18-10-11-21-16-17-25(33-2)26(19-21)34-3/h5-9,12-17,19H,4,10-11,18,20H2,1-3H3,(H,28,30). The molecule has 0 heterocycles. The van der Waals surface area contributed by atoms with Crippen molar-refractivity contribution in [2.45, 2.75) is 31.1 Å². The van der Waals surface area contributed by atoms with Gasteiger partial charge in [-0.3, -0.25) is 9.10 Å². The molecular formula is C27H32N2O5S. The number of hydrogen-bond donors (Lipinski definition) is 1. The number of anilines is 1. The third kappa shape index (κ3) is 6.54. The summed E-state index contributed by atoms with van der Waals surface area (Å²) in [6.07, 6.45) is 2.06. The van der Waals surface area contributed by atoms with Crippen molar-refractivity contribution in [1.29, 1.82) is 0 Å². The fraction of sp³-hybridized carbons (Fsp3) is 0.296. The number of benzene rings is 3. The van der Waals surface area contributed by atoms with Gasteiger partial charge in [0.25, 0.3) is 10.0 Å². The van der Waals surface area contributed by atoms with Crippen molar-refractivity contribution in [3.8, 4) is 11.5 Å². The highest BCUT2D eigenvalue weighted by atomic mass is 32.2. The van der Waals surface area contributed by atoms with Gasteiger partial charge in [0, 0.05) is 6.54 Å². The highest BCUT2D eigenvalue weighted by Crippen LogP contribution is 2.28. The number of nitrogens with zero attached hydrogens (tertiary/aromatic N) is 1. The van der Waals surface area contributed by atoms with Crippen LogP contribution < -0.4 is 19.1 Å². The third-order valence-electron chi connectivity index (χ3n) is 5.67. The molecule has 186 valence electrons. The molecule has 0 aromatic heterocycles. The van der Waals surface area contributed by atoms with E-state index in [-0.39, 0.29) is 17.3 Å². The van der Waals surface area contributed by atoms with E-state index >= 15 is 0 Å². The highest BCUT2D eigenvalue weighted by Gasteiger charge is 2.28. The maximum atomic E-state index is 13.5. The molecule has 3 rings (SSSR count). The van der Waals surface area contributed by atoms with Gasteiger partial charge in [0.15, 0.2) is 11.5 Å². The number of sulfonamides is 1. The zero-order valence-electron chi connectivity index (χ0n) is 20.4. The van der Waals surface area contributed by atoms with Crippen LogP contribution in [0, 0.1) is 0 Å². The minimum absolute atomic E-state index is 0.146. The first kappa shape index (κ1) is 26.1. The van der Waals surface area contributed by atoms with E-state index < -0.39 is 10.0 Å². The lowest BCUT2D eigenvalue weighted by atomic mass is 10.1. The molecule has 0 saturated heterocycles. The van der Waals surface area contributed by atoms with Crippen molar-refractivity contribution in [1.82, 2.24) is 5.32 Å². The second-order valence-corrected chi connectivity index (χ2v) is 9.81. The summed E-state index contributed by atoms with van der Waals surface area (Å²) in [4.78, 5) is 13.0. The van der Waals surface area contributed by atoms with E-state index in [0.29, 0.717) is 36.6 Å². The van der Waals surface area contributed by atoms with Crippen molar-refractivity contribution in [3.05, 3.63) is 83.9 Å². The first-order chi connectivity index (χ1) is 16.9. The topological polar surface area (TPSA) is 84.9 Å². The van der Waals surface area contributed by atoms with Crippen LogP contribution in [0.3, 0.4) is 0 Å². The van der Waals surface area contributed by atoms with Gasteiger partial charge in [0.05, 0.1) is 24.8 Å². The van der Waals surface area contributed by atoms with E-state index in [1.807, 2.05) is 37.3 Å². The predicted octanol–water partition coefficient (Wildman–Crippen LogP) is 4.21. The number of amides is 1. The first-order valence-corrected chi connectivity index (χ1v) is 13.0. The summed E-state index contributed by atoms with van der Waals surface area (Å²) in [5, 5.41) is 2.86. The lowest BCUT2D eigenvalue weighted by molar-refractivity contribution is -0.119. The summed E-state index contributed by atoms with van der Waals surface area (Å²) in [5.74, 6) is 0.963. The van der Waals surface area contributed by atoms with Gasteiger partial charge in [0.1, 0.15) is 6.54 Å². The number of nitrogens with one attached hydrogen (secondary N) is 1. The van der Waals surface area contributed by atoms with E-state index in [1.165, 1.54) is 16.4 Å². The Labute approximate surface area is 207 Å². The third-order valence-corrected chi connectivity index (χ3v) is 7.45.